The molecule has 0 radical (unpaired) electrons. The zero-order chi connectivity index (χ0) is 19.8. The molecule has 0 aliphatic heterocycles. The van der Waals surface area contributed by atoms with Gasteiger partial charge in [-0.2, -0.15) is 0 Å². The van der Waals surface area contributed by atoms with Crippen LogP contribution >= 0.6 is 0 Å². The van der Waals surface area contributed by atoms with Gasteiger partial charge in [-0.25, -0.2) is 0 Å². The Morgan fingerprint density at radius 3 is 1.00 bits per heavy atom. The van der Waals surface area contributed by atoms with Crippen LogP contribution < -0.4 is 0 Å². The lowest BCUT2D eigenvalue weighted by molar-refractivity contribution is 0.791. The van der Waals surface area contributed by atoms with Gasteiger partial charge in [-0.1, -0.05) is 65.8 Å². The fraction of sp³-hybridized carbons (Fsp3) is 0.556. The summed E-state index contributed by atoms with van der Waals surface area (Å²) in [5.41, 5.74) is 12.8. The lowest BCUT2D eigenvalue weighted by Gasteiger charge is -2.18. The predicted molar refractivity (Wildman–Crippen MR) is 121 cm³/mol. The van der Waals surface area contributed by atoms with Gasteiger partial charge < -0.3 is 0 Å². The average Bonchev–Trinajstić information content (AvgIpc) is 2.72. The molecule has 2 aromatic rings. The van der Waals surface area contributed by atoms with Gasteiger partial charge in [0, 0.05) is 0 Å². The Bertz CT molecular complexity index is 673. The van der Waals surface area contributed by atoms with Crippen LogP contribution in [0.1, 0.15) is 92.5 Å². The predicted octanol–water partition coefficient (Wildman–Crippen LogP) is 7.24. The fourth-order valence-electron chi connectivity index (χ4n) is 4.94. The van der Waals surface area contributed by atoms with Crippen LogP contribution in [0.5, 0.6) is 0 Å². The van der Waals surface area contributed by atoms with Gasteiger partial charge in [0.25, 0.3) is 0 Å². The third kappa shape index (κ3) is 4.84. The molecule has 0 fully saturated rings. The summed E-state index contributed by atoms with van der Waals surface area (Å²) in [7, 11) is 0. The van der Waals surface area contributed by atoms with Crippen LogP contribution in [-0.4, -0.2) is 0 Å². The van der Waals surface area contributed by atoms with Gasteiger partial charge in [0.2, 0.25) is 0 Å². The van der Waals surface area contributed by atoms with Crippen LogP contribution in [0.4, 0.5) is 0 Å². The van der Waals surface area contributed by atoms with Crippen molar-refractivity contribution in [1.29, 1.82) is 0 Å². The first-order chi connectivity index (χ1) is 13.1. The highest BCUT2D eigenvalue weighted by Crippen LogP contribution is 2.26. The molecular weight excluding hydrogens is 324 g/mol. The molecule has 0 spiro atoms. The number of aryl methyl sites for hydroxylation is 4. The Labute approximate surface area is 168 Å². The quantitative estimate of drug-likeness (QED) is 0.417. The SMILES string of the molecule is CCc1ccc(CCCc2ccc(CC)c(CC)c2CC)c(CC)c1CC. The molecule has 148 valence electrons. The van der Waals surface area contributed by atoms with Crippen LogP contribution in [0, 0.1) is 0 Å². The van der Waals surface area contributed by atoms with Gasteiger partial charge in [0.05, 0.1) is 0 Å². The van der Waals surface area contributed by atoms with E-state index in [1.54, 1.807) is 44.5 Å². The highest BCUT2D eigenvalue weighted by Gasteiger charge is 2.12. The molecule has 0 saturated heterocycles. The van der Waals surface area contributed by atoms with Crippen LogP contribution in [-0.2, 0) is 51.4 Å². The minimum atomic E-state index is 1.15. The summed E-state index contributed by atoms with van der Waals surface area (Å²) >= 11 is 0. The Kier molecular flexibility index (Phi) is 8.61. The number of benzene rings is 2. The van der Waals surface area contributed by atoms with Crippen molar-refractivity contribution in [3.05, 3.63) is 68.8 Å². The van der Waals surface area contributed by atoms with Crippen molar-refractivity contribution in [2.45, 2.75) is 99.3 Å². The minimum absolute atomic E-state index is 1.15. The van der Waals surface area contributed by atoms with E-state index in [0.717, 1.165) is 25.7 Å². The molecule has 0 atom stereocenters. The molecular formula is C27H40. The second-order valence-electron chi connectivity index (χ2n) is 7.66. The Morgan fingerprint density at radius 1 is 0.407 bits per heavy atom. The normalized spacial score (nSPS) is 11.2. The van der Waals surface area contributed by atoms with E-state index in [9.17, 15) is 0 Å². The van der Waals surface area contributed by atoms with Crippen molar-refractivity contribution in [2.75, 3.05) is 0 Å². The first-order valence-corrected chi connectivity index (χ1v) is 11.4. The van der Waals surface area contributed by atoms with Crippen LogP contribution in [0.25, 0.3) is 0 Å². The zero-order valence-corrected chi connectivity index (χ0v) is 18.7. The van der Waals surface area contributed by atoms with E-state index in [0.29, 0.717) is 0 Å². The summed E-state index contributed by atoms with van der Waals surface area (Å²) in [5, 5.41) is 0. The summed E-state index contributed by atoms with van der Waals surface area (Å²) in [6.45, 7) is 13.8. The molecule has 0 saturated carbocycles. The van der Waals surface area contributed by atoms with Crippen molar-refractivity contribution >= 4 is 0 Å². The molecule has 0 aliphatic carbocycles. The molecule has 0 aromatic heterocycles. The van der Waals surface area contributed by atoms with E-state index in [4.69, 9.17) is 0 Å². The fourth-order valence-corrected chi connectivity index (χ4v) is 4.94. The molecule has 27 heavy (non-hydrogen) atoms. The maximum atomic E-state index is 2.41. The third-order valence-corrected chi connectivity index (χ3v) is 6.32. The highest BCUT2D eigenvalue weighted by atomic mass is 14.2. The third-order valence-electron chi connectivity index (χ3n) is 6.32. The standard InChI is InChI=1S/C27H40/c1-7-20-16-18-22(26(11-5)24(20)9-3)14-13-15-23-19-17-21(8-2)25(10-4)27(23)12-6/h16-19H,7-15H2,1-6H3. The average molecular weight is 365 g/mol. The monoisotopic (exact) mass is 364 g/mol. The van der Waals surface area contributed by atoms with E-state index in [2.05, 4.69) is 65.8 Å². The molecule has 0 unspecified atom stereocenters. The van der Waals surface area contributed by atoms with E-state index < -0.39 is 0 Å². The molecule has 0 heteroatoms. The first-order valence-electron chi connectivity index (χ1n) is 11.4. The van der Waals surface area contributed by atoms with Crippen LogP contribution in [0.3, 0.4) is 0 Å². The molecule has 0 aliphatic rings. The largest absolute Gasteiger partial charge is 0.0613 e. The zero-order valence-electron chi connectivity index (χ0n) is 18.7. The molecule has 0 bridgehead atoms. The lowest BCUT2D eigenvalue weighted by atomic mass is 9.87. The van der Waals surface area contributed by atoms with E-state index >= 15 is 0 Å². The van der Waals surface area contributed by atoms with Gasteiger partial charge in [0.15, 0.2) is 0 Å². The Balaban J connectivity index is 2.20. The Morgan fingerprint density at radius 2 is 0.704 bits per heavy atom. The minimum Gasteiger partial charge on any atom is -0.0613 e. The number of hydrogen-bond acceptors (Lipinski definition) is 0. The van der Waals surface area contributed by atoms with Gasteiger partial charge in [-0.3, -0.25) is 0 Å². The number of rotatable bonds is 10. The van der Waals surface area contributed by atoms with Crippen molar-refractivity contribution in [3.8, 4) is 0 Å². The van der Waals surface area contributed by atoms with Gasteiger partial charge in [-0.05, 0) is 102 Å². The summed E-state index contributed by atoms with van der Waals surface area (Å²) in [4.78, 5) is 0. The maximum absolute atomic E-state index is 2.41. The van der Waals surface area contributed by atoms with E-state index in [1.165, 1.54) is 32.1 Å². The van der Waals surface area contributed by atoms with Crippen molar-refractivity contribution in [2.24, 2.45) is 0 Å². The molecule has 0 heterocycles. The highest BCUT2D eigenvalue weighted by molar-refractivity contribution is 5.43. The van der Waals surface area contributed by atoms with Crippen molar-refractivity contribution in [1.82, 2.24) is 0 Å². The summed E-state index contributed by atoms with van der Waals surface area (Å²) in [6, 6.07) is 9.59. The molecule has 2 rings (SSSR count). The van der Waals surface area contributed by atoms with E-state index in [-0.39, 0.29) is 0 Å². The first kappa shape index (κ1) is 21.7. The smallest absolute Gasteiger partial charge is 0.0273 e. The molecule has 0 nitrogen and oxygen atoms in total. The second kappa shape index (κ2) is 10.7. The van der Waals surface area contributed by atoms with Gasteiger partial charge >= 0.3 is 0 Å². The molecule has 2 aromatic carbocycles. The van der Waals surface area contributed by atoms with Crippen LogP contribution in [0.2, 0.25) is 0 Å². The van der Waals surface area contributed by atoms with Gasteiger partial charge in [0.1, 0.15) is 0 Å². The molecule has 0 amide bonds. The molecule has 0 N–H and O–H groups in total. The maximum Gasteiger partial charge on any atom is -0.0273 e. The Hall–Kier alpha value is -1.56. The number of hydrogen-bond donors (Lipinski definition) is 0. The van der Waals surface area contributed by atoms with Crippen LogP contribution in [0.15, 0.2) is 24.3 Å². The topological polar surface area (TPSA) is 0 Å². The second-order valence-corrected chi connectivity index (χ2v) is 7.66. The summed E-state index contributed by atoms with van der Waals surface area (Å²) in [6.07, 6.45) is 10.6. The van der Waals surface area contributed by atoms with E-state index in [1.807, 2.05) is 0 Å². The van der Waals surface area contributed by atoms with Crippen molar-refractivity contribution in [3.63, 3.8) is 0 Å². The summed E-state index contributed by atoms with van der Waals surface area (Å²) in [5.74, 6) is 0. The lowest BCUT2D eigenvalue weighted by Crippen LogP contribution is -2.05. The van der Waals surface area contributed by atoms with Crippen molar-refractivity contribution < 1.29 is 0 Å². The summed E-state index contributed by atoms with van der Waals surface area (Å²) < 4.78 is 0. The van der Waals surface area contributed by atoms with Gasteiger partial charge in [-0.15, -0.1) is 0 Å².